The van der Waals surface area contributed by atoms with Crippen molar-refractivity contribution in [2.24, 2.45) is 17.8 Å². The molecular weight excluding hydrogens is 174 g/mol. The van der Waals surface area contributed by atoms with Gasteiger partial charge in [0.15, 0.2) is 0 Å². The van der Waals surface area contributed by atoms with E-state index in [2.05, 4.69) is 5.32 Å². The summed E-state index contributed by atoms with van der Waals surface area (Å²) in [6, 6.07) is 0.888. The van der Waals surface area contributed by atoms with Crippen LogP contribution in [0.2, 0.25) is 0 Å². The Labute approximate surface area is 86.4 Å². The van der Waals surface area contributed by atoms with Gasteiger partial charge in [-0.25, -0.2) is 0 Å². The predicted octanol–water partition coefficient (Wildman–Crippen LogP) is 1.80. The van der Waals surface area contributed by atoms with E-state index in [0.29, 0.717) is 0 Å². The highest BCUT2D eigenvalue weighted by Crippen LogP contribution is 2.46. The third kappa shape index (κ3) is 2.12. The van der Waals surface area contributed by atoms with E-state index in [1.807, 2.05) is 0 Å². The van der Waals surface area contributed by atoms with Crippen molar-refractivity contribution in [1.29, 1.82) is 0 Å². The molecule has 3 rings (SSSR count). The molecule has 2 aliphatic carbocycles. The summed E-state index contributed by atoms with van der Waals surface area (Å²) < 4.78 is 5.55. The fraction of sp³-hybridized carbons (Fsp3) is 1.00. The van der Waals surface area contributed by atoms with Gasteiger partial charge in [-0.15, -0.1) is 0 Å². The van der Waals surface area contributed by atoms with Crippen LogP contribution in [0.4, 0.5) is 0 Å². The molecule has 1 saturated heterocycles. The Hall–Kier alpha value is -0.0800. The number of hydrogen-bond acceptors (Lipinski definition) is 2. The number of nitrogens with one attached hydrogen (secondary N) is 1. The lowest BCUT2D eigenvalue weighted by molar-refractivity contribution is 0.0444. The highest BCUT2D eigenvalue weighted by atomic mass is 16.5. The molecule has 0 spiro atoms. The van der Waals surface area contributed by atoms with Crippen LogP contribution < -0.4 is 5.32 Å². The maximum Gasteiger partial charge on any atom is 0.0497 e. The standard InChI is InChI=1S/C12H21NO/c1-2-9(8-14-5-1)12-6-10(12)7-13-11-3-4-11/h9-13H,1-8H2. The Balaban J connectivity index is 1.38. The van der Waals surface area contributed by atoms with Crippen molar-refractivity contribution in [3.63, 3.8) is 0 Å². The van der Waals surface area contributed by atoms with Crippen LogP contribution in [-0.2, 0) is 4.74 Å². The molecule has 0 aromatic rings. The lowest BCUT2D eigenvalue weighted by Crippen LogP contribution is -2.23. The molecule has 0 amide bonds. The summed E-state index contributed by atoms with van der Waals surface area (Å²) in [5.41, 5.74) is 0. The van der Waals surface area contributed by atoms with Gasteiger partial charge in [0, 0.05) is 19.3 Å². The van der Waals surface area contributed by atoms with Crippen molar-refractivity contribution in [3.8, 4) is 0 Å². The van der Waals surface area contributed by atoms with Crippen LogP contribution in [-0.4, -0.2) is 25.8 Å². The van der Waals surface area contributed by atoms with Crippen LogP contribution in [0.3, 0.4) is 0 Å². The molecule has 1 N–H and O–H groups in total. The van der Waals surface area contributed by atoms with Crippen molar-refractivity contribution in [3.05, 3.63) is 0 Å². The van der Waals surface area contributed by atoms with Crippen LogP contribution in [0.5, 0.6) is 0 Å². The van der Waals surface area contributed by atoms with Crippen LogP contribution >= 0.6 is 0 Å². The summed E-state index contributed by atoms with van der Waals surface area (Å²) >= 11 is 0. The predicted molar refractivity (Wildman–Crippen MR) is 56.2 cm³/mol. The first-order valence-electron chi connectivity index (χ1n) is 6.24. The van der Waals surface area contributed by atoms with E-state index in [1.54, 1.807) is 0 Å². The molecule has 80 valence electrons. The van der Waals surface area contributed by atoms with E-state index in [-0.39, 0.29) is 0 Å². The zero-order valence-electron chi connectivity index (χ0n) is 8.87. The topological polar surface area (TPSA) is 21.3 Å². The molecule has 0 radical (unpaired) electrons. The van der Waals surface area contributed by atoms with Gasteiger partial charge in [0.1, 0.15) is 0 Å². The molecule has 3 aliphatic rings. The fourth-order valence-corrected chi connectivity index (χ4v) is 2.79. The van der Waals surface area contributed by atoms with Gasteiger partial charge in [-0.05, 0) is 56.4 Å². The Morgan fingerprint density at radius 2 is 2.14 bits per heavy atom. The summed E-state index contributed by atoms with van der Waals surface area (Å²) in [6.45, 7) is 3.34. The van der Waals surface area contributed by atoms with Gasteiger partial charge in [-0.2, -0.15) is 0 Å². The summed E-state index contributed by atoms with van der Waals surface area (Å²) in [5, 5.41) is 3.65. The molecule has 0 aromatic carbocycles. The monoisotopic (exact) mass is 195 g/mol. The zero-order chi connectivity index (χ0) is 9.38. The highest BCUT2D eigenvalue weighted by Gasteiger charge is 2.43. The van der Waals surface area contributed by atoms with Gasteiger partial charge in [0.2, 0.25) is 0 Å². The van der Waals surface area contributed by atoms with Crippen LogP contribution in [0.1, 0.15) is 32.1 Å². The Kier molecular flexibility index (Phi) is 2.50. The van der Waals surface area contributed by atoms with Gasteiger partial charge in [-0.1, -0.05) is 0 Å². The normalized spacial score (nSPS) is 42.4. The molecule has 1 heterocycles. The minimum Gasteiger partial charge on any atom is -0.381 e. The summed E-state index contributed by atoms with van der Waals surface area (Å²) in [5.74, 6) is 2.89. The lowest BCUT2D eigenvalue weighted by atomic mass is 9.96. The molecule has 2 saturated carbocycles. The van der Waals surface area contributed by atoms with Gasteiger partial charge in [-0.3, -0.25) is 0 Å². The van der Waals surface area contributed by atoms with Crippen molar-refractivity contribution in [2.75, 3.05) is 19.8 Å². The fourth-order valence-electron chi connectivity index (χ4n) is 2.79. The molecule has 14 heavy (non-hydrogen) atoms. The first kappa shape index (κ1) is 9.17. The van der Waals surface area contributed by atoms with Crippen molar-refractivity contribution < 1.29 is 4.74 Å². The average Bonchev–Trinajstić information content (AvgIpc) is 3.12. The molecule has 2 heteroatoms. The molecule has 0 bridgehead atoms. The summed E-state index contributed by atoms with van der Waals surface area (Å²) in [6.07, 6.45) is 7.02. The maximum atomic E-state index is 5.55. The maximum absolute atomic E-state index is 5.55. The lowest BCUT2D eigenvalue weighted by Gasteiger charge is -2.22. The number of hydrogen-bond donors (Lipinski definition) is 1. The number of rotatable bonds is 4. The first-order chi connectivity index (χ1) is 6.93. The largest absolute Gasteiger partial charge is 0.381 e. The zero-order valence-corrected chi connectivity index (χ0v) is 8.87. The summed E-state index contributed by atoms with van der Waals surface area (Å²) in [4.78, 5) is 0. The smallest absolute Gasteiger partial charge is 0.0497 e. The third-order valence-corrected chi connectivity index (χ3v) is 4.02. The average molecular weight is 195 g/mol. The molecule has 0 aromatic heterocycles. The first-order valence-corrected chi connectivity index (χ1v) is 6.24. The molecule has 3 unspecified atom stereocenters. The second kappa shape index (κ2) is 3.82. The molecule has 1 aliphatic heterocycles. The molecular formula is C12H21NO. The Bertz CT molecular complexity index is 196. The van der Waals surface area contributed by atoms with Gasteiger partial charge < -0.3 is 10.1 Å². The second-order valence-corrected chi connectivity index (χ2v) is 5.32. The van der Waals surface area contributed by atoms with Crippen LogP contribution in [0, 0.1) is 17.8 Å². The van der Waals surface area contributed by atoms with Crippen molar-refractivity contribution in [2.45, 2.75) is 38.1 Å². The third-order valence-electron chi connectivity index (χ3n) is 4.02. The molecule has 3 atom stereocenters. The Morgan fingerprint density at radius 3 is 2.86 bits per heavy atom. The van der Waals surface area contributed by atoms with Crippen LogP contribution in [0.15, 0.2) is 0 Å². The van der Waals surface area contributed by atoms with Crippen LogP contribution in [0.25, 0.3) is 0 Å². The quantitative estimate of drug-likeness (QED) is 0.738. The van der Waals surface area contributed by atoms with E-state index in [1.165, 1.54) is 38.6 Å². The van der Waals surface area contributed by atoms with E-state index >= 15 is 0 Å². The molecule has 3 fully saturated rings. The Morgan fingerprint density at radius 1 is 1.21 bits per heavy atom. The van der Waals surface area contributed by atoms with Crippen molar-refractivity contribution >= 4 is 0 Å². The second-order valence-electron chi connectivity index (χ2n) is 5.32. The number of ether oxygens (including phenoxy) is 1. The van der Waals surface area contributed by atoms with Gasteiger partial charge in [0.25, 0.3) is 0 Å². The van der Waals surface area contributed by atoms with Gasteiger partial charge >= 0.3 is 0 Å². The van der Waals surface area contributed by atoms with E-state index in [4.69, 9.17) is 4.74 Å². The minimum absolute atomic E-state index is 0.888. The van der Waals surface area contributed by atoms with Crippen molar-refractivity contribution in [1.82, 2.24) is 5.32 Å². The SMILES string of the molecule is C1COCC(C2CC2CNC2CC2)C1. The summed E-state index contributed by atoms with van der Waals surface area (Å²) in [7, 11) is 0. The van der Waals surface area contributed by atoms with Gasteiger partial charge in [0.05, 0.1) is 0 Å². The van der Waals surface area contributed by atoms with E-state index in [9.17, 15) is 0 Å². The van der Waals surface area contributed by atoms with E-state index in [0.717, 1.165) is 37.0 Å². The minimum atomic E-state index is 0.888. The molecule has 2 nitrogen and oxygen atoms in total. The van der Waals surface area contributed by atoms with E-state index < -0.39 is 0 Å². The highest BCUT2D eigenvalue weighted by molar-refractivity contribution is 4.94.